The lowest BCUT2D eigenvalue weighted by Gasteiger charge is -2.31. The molecule has 1 aromatic rings. The molecule has 1 aliphatic rings. The van der Waals surface area contributed by atoms with Crippen molar-refractivity contribution in [3.8, 4) is 0 Å². The number of ether oxygens (including phenoxy) is 1. The van der Waals surface area contributed by atoms with E-state index >= 15 is 0 Å². The first-order valence-corrected chi connectivity index (χ1v) is 8.18. The summed E-state index contributed by atoms with van der Waals surface area (Å²) in [7, 11) is 0. The fourth-order valence-corrected chi connectivity index (χ4v) is 3.33. The summed E-state index contributed by atoms with van der Waals surface area (Å²) in [5, 5.41) is 3.27. The Labute approximate surface area is 128 Å². The summed E-state index contributed by atoms with van der Waals surface area (Å²) in [5.74, 6) is 1.26. The van der Waals surface area contributed by atoms with Crippen molar-refractivity contribution in [1.82, 2.24) is 5.32 Å². The first-order valence-electron chi connectivity index (χ1n) is 8.18. The summed E-state index contributed by atoms with van der Waals surface area (Å²) in [6.45, 7) is 8.71. The van der Waals surface area contributed by atoms with E-state index in [4.69, 9.17) is 4.74 Å². The van der Waals surface area contributed by atoms with E-state index in [9.17, 15) is 4.39 Å². The number of rotatable bonds is 6. The molecule has 0 saturated heterocycles. The van der Waals surface area contributed by atoms with Crippen molar-refractivity contribution in [2.75, 3.05) is 6.54 Å². The molecule has 0 heterocycles. The summed E-state index contributed by atoms with van der Waals surface area (Å²) in [5.41, 5.74) is 1.79. The quantitative estimate of drug-likeness (QED) is 0.845. The zero-order valence-corrected chi connectivity index (χ0v) is 13.5. The van der Waals surface area contributed by atoms with Gasteiger partial charge in [0.25, 0.3) is 0 Å². The second-order valence-corrected chi connectivity index (χ2v) is 6.56. The number of hydrogen-bond donors (Lipinski definition) is 1. The van der Waals surface area contributed by atoms with Crippen LogP contribution in [0.15, 0.2) is 18.2 Å². The van der Waals surface area contributed by atoms with Crippen molar-refractivity contribution in [2.45, 2.75) is 59.3 Å². The molecule has 1 aliphatic carbocycles. The Kier molecular flexibility index (Phi) is 6.19. The van der Waals surface area contributed by atoms with E-state index in [1.807, 2.05) is 12.1 Å². The third-order valence-corrected chi connectivity index (χ3v) is 4.30. The van der Waals surface area contributed by atoms with Crippen LogP contribution in [0, 0.1) is 17.7 Å². The first-order chi connectivity index (χ1) is 10.1. The fraction of sp³-hybridized carbons (Fsp3) is 0.667. The number of halogens is 1. The van der Waals surface area contributed by atoms with Gasteiger partial charge in [0.1, 0.15) is 5.82 Å². The molecule has 1 saturated carbocycles. The van der Waals surface area contributed by atoms with Gasteiger partial charge < -0.3 is 10.1 Å². The van der Waals surface area contributed by atoms with Gasteiger partial charge >= 0.3 is 0 Å². The summed E-state index contributed by atoms with van der Waals surface area (Å²) in [6, 6.07) is 5.32. The molecule has 0 spiro atoms. The van der Waals surface area contributed by atoms with Crippen LogP contribution in [0.1, 0.15) is 51.2 Å². The maximum atomic E-state index is 13.9. The molecule has 1 aromatic carbocycles. The number of nitrogens with one attached hydrogen (secondary N) is 1. The van der Waals surface area contributed by atoms with E-state index in [0.717, 1.165) is 31.5 Å². The summed E-state index contributed by atoms with van der Waals surface area (Å²) in [6.07, 6.45) is 3.76. The van der Waals surface area contributed by atoms with E-state index in [1.54, 1.807) is 6.07 Å². The van der Waals surface area contributed by atoms with Crippen LogP contribution in [0.5, 0.6) is 0 Å². The summed E-state index contributed by atoms with van der Waals surface area (Å²) in [4.78, 5) is 0. The molecule has 21 heavy (non-hydrogen) atoms. The van der Waals surface area contributed by atoms with Gasteiger partial charge in [0.05, 0.1) is 12.7 Å². The molecule has 0 radical (unpaired) electrons. The Morgan fingerprint density at radius 3 is 2.57 bits per heavy atom. The molecule has 118 valence electrons. The van der Waals surface area contributed by atoms with Crippen LogP contribution in [0.3, 0.4) is 0 Å². The largest absolute Gasteiger partial charge is 0.373 e. The average molecular weight is 293 g/mol. The Hall–Kier alpha value is -0.930. The Morgan fingerprint density at radius 1 is 1.19 bits per heavy atom. The van der Waals surface area contributed by atoms with Crippen LogP contribution in [0.25, 0.3) is 0 Å². The van der Waals surface area contributed by atoms with Crippen LogP contribution >= 0.6 is 0 Å². The molecule has 2 atom stereocenters. The first kappa shape index (κ1) is 16.4. The van der Waals surface area contributed by atoms with E-state index in [0.29, 0.717) is 24.0 Å². The highest BCUT2D eigenvalue weighted by molar-refractivity contribution is 5.24. The molecule has 2 nitrogen and oxygen atoms in total. The molecule has 2 unspecified atom stereocenters. The second-order valence-electron chi connectivity index (χ2n) is 6.56. The summed E-state index contributed by atoms with van der Waals surface area (Å²) >= 11 is 0. The minimum atomic E-state index is -0.160. The van der Waals surface area contributed by atoms with E-state index in [-0.39, 0.29) is 11.9 Å². The smallest absolute Gasteiger partial charge is 0.128 e. The lowest BCUT2D eigenvalue weighted by molar-refractivity contribution is -0.0102. The fourth-order valence-electron chi connectivity index (χ4n) is 3.33. The van der Waals surface area contributed by atoms with Crippen LogP contribution < -0.4 is 5.32 Å². The molecule has 1 N–H and O–H groups in total. The zero-order chi connectivity index (χ0) is 15.2. The normalized spacial score (nSPS) is 26.0. The molecule has 2 rings (SSSR count). The molecule has 0 amide bonds. The molecular weight excluding hydrogens is 265 g/mol. The number of hydrogen-bond acceptors (Lipinski definition) is 2. The maximum absolute atomic E-state index is 13.9. The highest BCUT2D eigenvalue weighted by Crippen LogP contribution is 2.31. The van der Waals surface area contributed by atoms with Gasteiger partial charge in [-0.25, -0.2) is 4.39 Å². The van der Waals surface area contributed by atoms with Gasteiger partial charge in [-0.3, -0.25) is 0 Å². The Balaban J connectivity index is 1.92. The van der Waals surface area contributed by atoms with E-state index in [1.165, 1.54) is 6.42 Å². The van der Waals surface area contributed by atoms with Gasteiger partial charge in [-0.2, -0.15) is 0 Å². The number of benzene rings is 1. The SMILES string of the molecule is CCNCc1ccc(F)c(COC2CC(C)CC(C)C2)c1. The van der Waals surface area contributed by atoms with Crippen molar-refractivity contribution >= 4 is 0 Å². The average Bonchev–Trinajstić information content (AvgIpc) is 2.44. The third kappa shape index (κ3) is 5.08. The minimum Gasteiger partial charge on any atom is -0.373 e. The highest BCUT2D eigenvalue weighted by atomic mass is 19.1. The molecule has 0 bridgehead atoms. The van der Waals surface area contributed by atoms with Crippen molar-refractivity contribution in [2.24, 2.45) is 11.8 Å². The van der Waals surface area contributed by atoms with Gasteiger partial charge in [-0.05, 0) is 55.3 Å². The highest BCUT2D eigenvalue weighted by Gasteiger charge is 2.24. The minimum absolute atomic E-state index is 0.160. The lowest BCUT2D eigenvalue weighted by atomic mass is 9.82. The van der Waals surface area contributed by atoms with Crippen molar-refractivity contribution < 1.29 is 9.13 Å². The second kappa shape index (κ2) is 7.90. The predicted molar refractivity (Wildman–Crippen MR) is 84.5 cm³/mol. The van der Waals surface area contributed by atoms with Crippen molar-refractivity contribution in [1.29, 1.82) is 0 Å². The van der Waals surface area contributed by atoms with Crippen molar-refractivity contribution in [3.05, 3.63) is 35.1 Å². The van der Waals surface area contributed by atoms with Gasteiger partial charge in [-0.1, -0.05) is 26.8 Å². The van der Waals surface area contributed by atoms with Crippen LogP contribution in [0.4, 0.5) is 4.39 Å². The zero-order valence-electron chi connectivity index (χ0n) is 13.5. The van der Waals surface area contributed by atoms with Crippen LogP contribution in [-0.2, 0) is 17.9 Å². The lowest BCUT2D eigenvalue weighted by Crippen LogP contribution is -2.26. The van der Waals surface area contributed by atoms with Gasteiger partial charge in [0.15, 0.2) is 0 Å². The van der Waals surface area contributed by atoms with Crippen LogP contribution in [-0.4, -0.2) is 12.6 Å². The van der Waals surface area contributed by atoms with Gasteiger partial charge in [0, 0.05) is 12.1 Å². The molecule has 0 aromatic heterocycles. The third-order valence-electron chi connectivity index (χ3n) is 4.30. The Morgan fingerprint density at radius 2 is 1.90 bits per heavy atom. The van der Waals surface area contributed by atoms with Crippen molar-refractivity contribution in [3.63, 3.8) is 0 Å². The van der Waals surface area contributed by atoms with E-state index in [2.05, 4.69) is 26.1 Å². The topological polar surface area (TPSA) is 21.3 Å². The monoisotopic (exact) mass is 293 g/mol. The van der Waals surface area contributed by atoms with Gasteiger partial charge in [0.2, 0.25) is 0 Å². The maximum Gasteiger partial charge on any atom is 0.128 e. The van der Waals surface area contributed by atoms with E-state index < -0.39 is 0 Å². The van der Waals surface area contributed by atoms with Gasteiger partial charge in [-0.15, -0.1) is 0 Å². The predicted octanol–water partition coefficient (Wildman–Crippen LogP) is 4.28. The molecular formula is C18H28FNO. The molecule has 1 fully saturated rings. The van der Waals surface area contributed by atoms with Crippen LogP contribution in [0.2, 0.25) is 0 Å². The Bertz CT molecular complexity index is 439. The molecule has 0 aliphatic heterocycles. The standard InChI is InChI=1S/C18H28FNO/c1-4-20-11-15-5-6-18(19)16(10-15)12-21-17-8-13(2)7-14(3)9-17/h5-6,10,13-14,17,20H,4,7-9,11-12H2,1-3H3. The molecule has 3 heteroatoms. The summed E-state index contributed by atoms with van der Waals surface area (Å²) < 4.78 is 19.9.